The van der Waals surface area contributed by atoms with E-state index in [0.29, 0.717) is 13.2 Å². The average Bonchev–Trinajstić information content (AvgIpc) is 2.48. The molecule has 0 radical (unpaired) electrons. The van der Waals surface area contributed by atoms with Crippen molar-refractivity contribution in [1.82, 2.24) is 10.3 Å². The highest BCUT2D eigenvalue weighted by Crippen LogP contribution is 2.17. The molecule has 0 aliphatic carbocycles. The number of halogens is 2. The summed E-state index contributed by atoms with van der Waals surface area (Å²) in [6.45, 7) is 2.86. The monoisotopic (exact) mass is 324 g/mol. The van der Waals surface area contributed by atoms with Gasteiger partial charge in [-0.2, -0.15) is 0 Å². The Hall–Kier alpha value is -1.78. The lowest BCUT2D eigenvalue weighted by Gasteiger charge is -2.08. The predicted molar refractivity (Wildman–Crippen MR) is 83.0 cm³/mol. The number of carbonyl (C=O) groups is 1. The zero-order valence-electron chi connectivity index (χ0n) is 11.4. The van der Waals surface area contributed by atoms with Crippen LogP contribution < -0.4 is 10.1 Å². The first-order valence-electron chi connectivity index (χ1n) is 6.42. The van der Waals surface area contributed by atoms with Crippen molar-refractivity contribution in [1.29, 1.82) is 0 Å². The topological polar surface area (TPSA) is 51.2 Å². The summed E-state index contributed by atoms with van der Waals surface area (Å²) in [5.74, 6) is 0.396. The van der Waals surface area contributed by atoms with Crippen molar-refractivity contribution < 1.29 is 9.53 Å². The van der Waals surface area contributed by atoms with E-state index < -0.39 is 0 Å². The van der Waals surface area contributed by atoms with Crippen LogP contribution in [0.25, 0.3) is 0 Å². The third-order valence-electron chi connectivity index (χ3n) is 2.69. The van der Waals surface area contributed by atoms with Gasteiger partial charge in [-0.1, -0.05) is 35.3 Å². The van der Waals surface area contributed by atoms with E-state index in [2.05, 4.69) is 10.3 Å². The van der Waals surface area contributed by atoms with E-state index in [1.807, 2.05) is 31.2 Å². The minimum atomic E-state index is -0.371. The Bertz CT molecular complexity index is 647. The zero-order chi connectivity index (χ0) is 15.2. The van der Waals surface area contributed by atoms with Crippen molar-refractivity contribution in [3.05, 3.63) is 57.8 Å². The van der Waals surface area contributed by atoms with Gasteiger partial charge in [0.1, 0.15) is 16.6 Å². The molecule has 0 aliphatic heterocycles. The minimum absolute atomic E-state index is 0.116. The van der Waals surface area contributed by atoms with Crippen LogP contribution in [0.4, 0.5) is 0 Å². The van der Waals surface area contributed by atoms with Gasteiger partial charge in [-0.25, -0.2) is 4.98 Å². The van der Waals surface area contributed by atoms with E-state index >= 15 is 0 Å². The third-order valence-corrected chi connectivity index (χ3v) is 3.21. The normalized spacial score (nSPS) is 10.2. The molecule has 21 heavy (non-hydrogen) atoms. The van der Waals surface area contributed by atoms with E-state index in [1.165, 1.54) is 6.07 Å². The van der Waals surface area contributed by atoms with Gasteiger partial charge in [-0.15, -0.1) is 0 Å². The molecule has 0 unspecified atom stereocenters. The van der Waals surface area contributed by atoms with Gasteiger partial charge in [0.15, 0.2) is 0 Å². The van der Waals surface area contributed by atoms with E-state index in [1.54, 1.807) is 6.07 Å². The van der Waals surface area contributed by atoms with Crippen LogP contribution in [0.5, 0.6) is 5.75 Å². The smallest absolute Gasteiger partial charge is 0.271 e. The standard InChI is InChI=1S/C15H14Cl2N2O2/c1-2-21-11-5-3-4-10(8-11)9-18-15(20)14-12(16)6-7-13(17)19-14/h3-8H,2,9H2,1H3,(H,18,20). The molecular formula is C15H14Cl2N2O2. The fourth-order valence-corrected chi connectivity index (χ4v) is 2.09. The van der Waals surface area contributed by atoms with Crippen LogP contribution >= 0.6 is 23.2 Å². The van der Waals surface area contributed by atoms with Gasteiger partial charge < -0.3 is 10.1 Å². The Morgan fingerprint density at radius 1 is 1.29 bits per heavy atom. The van der Waals surface area contributed by atoms with Crippen LogP contribution in [0.3, 0.4) is 0 Å². The van der Waals surface area contributed by atoms with Crippen LogP contribution in [0.1, 0.15) is 23.0 Å². The Labute approximate surface area is 133 Å². The van der Waals surface area contributed by atoms with Crippen molar-refractivity contribution in [3.8, 4) is 5.75 Å². The summed E-state index contributed by atoms with van der Waals surface area (Å²) in [5.41, 5.74) is 1.04. The first-order chi connectivity index (χ1) is 10.1. The zero-order valence-corrected chi connectivity index (χ0v) is 12.9. The maximum Gasteiger partial charge on any atom is 0.271 e. The van der Waals surface area contributed by atoms with Crippen LogP contribution in [-0.2, 0) is 6.54 Å². The average molecular weight is 325 g/mol. The number of pyridine rings is 1. The summed E-state index contributed by atoms with van der Waals surface area (Å²) in [7, 11) is 0. The highest BCUT2D eigenvalue weighted by atomic mass is 35.5. The molecule has 1 amide bonds. The second-order valence-corrected chi connectivity index (χ2v) is 5.02. The number of ether oxygens (including phenoxy) is 1. The van der Waals surface area contributed by atoms with Crippen molar-refractivity contribution in [2.75, 3.05) is 6.61 Å². The highest BCUT2D eigenvalue weighted by Gasteiger charge is 2.12. The minimum Gasteiger partial charge on any atom is -0.494 e. The SMILES string of the molecule is CCOc1cccc(CNC(=O)c2nc(Cl)ccc2Cl)c1. The number of aromatic nitrogens is 1. The van der Waals surface area contributed by atoms with Crippen LogP contribution in [-0.4, -0.2) is 17.5 Å². The Morgan fingerprint density at radius 3 is 2.86 bits per heavy atom. The Balaban J connectivity index is 2.04. The van der Waals surface area contributed by atoms with Crippen molar-refractivity contribution in [2.45, 2.75) is 13.5 Å². The summed E-state index contributed by atoms with van der Waals surface area (Å²) in [4.78, 5) is 16.0. The van der Waals surface area contributed by atoms with Gasteiger partial charge in [0.2, 0.25) is 0 Å². The number of carbonyl (C=O) groups excluding carboxylic acids is 1. The first kappa shape index (κ1) is 15.6. The summed E-state index contributed by atoms with van der Waals surface area (Å²) in [6.07, 6.45) is 0. The highest BCUT2D eigenvalue weighted by molar-refractivity contribution is 6.34. The molecule has 0 saturated heterocycles. The van der Waals surface area contributed by atoms with E-state index in [-0.39, 0.29) is 21.8 Å². The summed E-state index contributed by atoms with van der Waals surface area (Å²) >= 11 is 11.7. The molecule has 0 spiro atoms. The molecule has 1 heterocycles. The fourth-order valence-electron chi connectivity index (χ4n) is 1.76. The number of hydrogen-bond donors (Lipinski definition) is 1. The molecule has 0 aliphatic rings. The van der Waals surface area contributed by atoms with Gasteiger partial charge in [0.05, 0.1) is 11.6 Å². The summed E-state index contributed by atoms with van der Waals surface area (Å²) in [5, 5.41) is 3.24. The molecule has 0 saturated carbocycles. The lowest BCUT2D eigenvalue weighted by Crippen LogP contribution is -2.24. The number of hydrogen-bond acceptors (Lipinski definition) is 3. The van der Waals surface area contributed by atoms with E-state index in [0.717, 1.165) is 11.3 Å². The van der Waals surface area contributed by atoms with Gasteiger partial charge in [-0.05, 0) is 36.8 Å². The second-order valence-electron chi connectivity index (χ2n) is 4.23. The van der Waals surface area contributed by atoms with Gasteiger partial charge in [-0.3, -0.25) is 4.79 Å². The molecule has 0 atom stereocenters. The molecule has 110 valence electrons. The second kappa shape index (κ2) is 7.29. The van der Waals surface area contributed by atoms with Gasteiger partial charge in [0, 0.05) is 6.54 Å². The third kappa shape index (κ3) is 4.34. The Kier molecular flexibility index (Phi) is 5.42. The molecule has 0 bridgehead atoms. The number of benzene rings is 1. The molecule has 6 heteroatoms. The first-order valence-corrected chi connectivity index (χ1v) is 7.17. The van der Waals surface area contributed by atoms with Crippen LogP contribution in [0.15, 0.2) is 36.4 Å². The molecule has 1 aromatic carbocycles. The molecule has 4 nitrogen and oxygen atoms in total. The molecule has 1 aromatic heterocycles. The summed E-state index contributed by atoms with van der Waals surface area (Å²) < 4.78 is 5.41. The van der Waals surface area contributed by atoms with E-state index in [9.17, 15) is 4.79 Å². The molecule has 1 N–H and O–H groups in total. The lowest BCUT2D eigenvalue weighted by molar-refractivity contribution is 0.0946. The fraction of sp³-hybridized carbons (Fsp3) is 0.200. The van der Waals surface area contributed by atoms with Crippen molar-refractivity contribution >= 4 is 29.1 Å². The van der Waals surface area contributed by atoms with E-state index in [4.69, 9.17) is 27.9 Å². The number of nitrogens with zero attached hydrogens (tertiary/aromatic N) is 1. The predicted octanol–water partition coefficient (Wildman–Crippen LogP) is 3.72. The largest absolute Gasteiger partial charge is 0.494 e. The maximum absolute atomic E-state index is 12.1. The van der Waals surface area contributed by atoms with Gasteiger partial charge in [0.25, 0.3) is 5.91 Å². The molecule has 2 rings (SSSR count). The quantitative estimate of drug-likeness (QED) is 0.853. The number of amides is 1. The molecule has 2 aromatic rings. The van der Waals surface area contributed by atoms with Crippen molar-refractivity contribution in [2.24, 2.45) is 0 Å². The van der Waals surface area contributed by atoms with Gasteiger partial charge >= 0.3 is 0 Å². The number of nitrogens with one attached hydrogen (secondary N) is 1. The van der Waals surface area contributed by atoms with Crippen LogP contribution in [0, 0.1) is 0 Å². The van der Waals surface area contributed by atoms with Crippen molar-refractivity contribution in [3.63, 3.8) is 0 Å². The maximum atomic E-state index is 12.1. The van der Waals surface area contributed by atoms with Crippen LogP contribution in [0.2, 0.25) is 10.2 Å². The molecule has 0 fully saturated rings. The lowest BCUT2D eigenvalue weighted by atomic mass is 10.2. The summed E-state index contributed by atoms with van der Waals surface area (Å²) in [6, 6.07) is 10.6. The Morgan fingerprint density at radius 2 is 2.10 bits per heavy atom. The molecular weight excluding hydrogens is 311 g/mol. The number of rotatable bonds is 5.